The highest BCUT2D eigenvalue weighted by Crippen LogP contribution is 2.52. The number of halogens is 1. The Morgan fingerprint density at radius 2 is 1.78 bits per heavy atom. The van der Waals surface area contributed by atoms with Crippen molar-refractivity contribution in [1.82, 2.24) is 4.98 Å². The van der Waals surface area contributed by atoms with E-state index in [1.165, 1.54) is 45.0 Å². The first kappa shape index (κ1) is 15.4. The zero-order chi connectivity index (χ0) is 16.6. The molecule has 0 N–H and O–H groups in total. The van der Waals surface area contributed by atoms with Crippen LogP contribution in [0.4, 0.5) is 0 Å². The van der Waals surface area contributed by atoms with Gasteiger partial charge in [-0.1, -0.05) is 45.4 Å². The normalized spacial score (nSPS) is 19.2. The molecule has 0 saturated heterocycles. The van der Waals surface area contributed by atoms with Crippen LogP contribution < -0.4 is 0 Å². The van der Waals surface area contributed by atoms with Crippen molar-refractivity contribution in [2.45, 2.75) is 58.3 Å². The standard InChI is InChI=1S/C20H22ClNS/c1-11-10-13-15(20(4,5)8-7-19(13,2)3)14-12-6-9-22-18(21)17(12)23-16(11)14/h6,9-10H,7-8H2,1-5H3. The van der Waals surface area contributed by atoms with Gasteiger partial charge in [-0.25, -0.2) is 4.98 Å². The van der Waals surface area contributed by atoms with Crippen LogP contribution in [0.3, 0.4) is 0 Å². The second-order valence-electron chi connectivity index (χ2n) is 8.17. The number of nitrogens with zero attached hydrogens (tertiary/aromatic N) is 1. The summed E-state index contributed by atoms with van der Waals surface area (Å²) in [6.07, 6.45) is 4.30. The Hall–Kier alpha value is -1.12. The molecule has 0 saturated carbocycles. The van der Waals surface area contributed by atoms with Crippen LogP contribution in [0, 0.1) is 6.92 Å². The van der Waals surface area contributed by atoms with E-state index in [1.54, 1.807) is 11.3 Å². The fourth-order valence-corrected chi connectivity index (χ4v) is 5.56. The third-order valence-electron chi connectivity index (χ3n) is 5.58. The molecule has 1 aliphatic carbocycles. The molecule has 0 radical (unpaired) electrons. The quantitative estimate of drug-likeness (QED) is 0.411. The molecule has 3 aromatic rings. The minimum Gasteiger partial charge on any atom is -0.243 e. The number of rotatable bonds is 0. The first-order valence-corrected chi connectivity index (χ1v) is 9.43. The summed E-state index contributed by atoms with van der Waals surface area (Å²) in [5, 5.41) is 3.32. The van der Waals surface area contributed by atoms with Crippen LogP contribution in [0.1, 0.15) is 57.2 Å². The fourth-order valence-electron chi connectivity index (χ4n) is 4.13. The van der Waals surface area contributed by atoms with E-state index in [1.807, 2.05) is 6.20 Å². The topological polar surface area (TPSA) is 12.9 Å². The Morgan fingerprint density at radius 1 is 1.09 bits per heavy atom. The Kier molecular flexibility index (Phi) is 3.15. The van der Waals surface area contributed by atoms with Crippen LogP contribution in [-0.2, 0) is 10.8 Å². The van der Waals surface area contributed by atoms with Crippen LogP contribution >= 0.6 is 22.9 Å². The van der Waals surface area contributed by atoms with Crippen molar-refractivity contribution in [3.05, 3.63) is 40.2 Å². The van der Waals surface area contributed by atoms with Crippen LogP contribution in [0.5, 0.6) is 0 Å². The average Bonchev–Trinajstić information content (AvgIpc) is 2.86. The van der Waals surface area contributed by atoms with E-state index in [9.17, 15) is 0 Å². The van der Waals surface area contributed by atoms with Gasteiger partial charge in [0, 0.05) is 21.7 Å². The summed E-state index contributed by atoms with van der Waals surface area (Å²) < 4.78 is 2.50. The van der Waals surface area contributed by atoms with Crippen LogP contribution in [0.15, 0.2) is 18.3 Å². The lowest BCUT2D eigenvalue weighted by Crippen LogP contribution is -2.34. The van der Waals surface area contributed by atoms with Crippen molar-refractivity contribution in [1.29, 1.82) is 0 Å². The summed E-state index contributed by atoms with van der Waals surface area (Å²) in [4.78, 5) is 4.29. The Morgan fingerprint density at radius 3 is 2.52 bits per heavy atom. The molecule has 0 unspecified atom stereocenters. The average molecular weight is 344 g/mol. The van der Waals surface area contributed by atoms with Gasteiger partial charge in [-0.05, 0) is 53.4 Å². The van der Waals surface area contributed by atoms with Gasteiger partial charge in [-0.3, -0.25) is 0 Å². The predicted molar refractivity (Wildman–Crippen MR) is 102 cm³/mol. The van der Waals surface area contributed by atoms with Crippen molar-refractivity contribution < 1.29 is 0 Å². The monoisotopic (exact) mass is 343 g/mol. The van der Waals surface area contributed by atoms with Crippen molar-refractivity contribution >= 4 is 43.1 Å². The maximum absolute atomic E-state index is 6.39. The number of benzene rings is 1. The van der Waals surface area contributed by atoms with Crippen LogP contribution in [0.25, 0.3) is 20.2 Å². The second-order valence-corrected chi connectivity index (χ2v) is 9.55. The minimum atomic E-state index is 0.195. The molecule has 4 rings (SSSR count). The molecule has 2 aromatic heterocycles. The third kappa shape index (κ3) is 2.08. The van der Waals surface area contributed by atoms with Gasteiger partial charge < -0.3 is 0 Å². The summed E-state index contributed by atoms with van der Waals surface area (Å²) in [6.45, 7) is 11.8. The van der Waals surface area contributed by atoms with E-state index in [-0.39, 0.29) is 10.8 Å². The summed E-state index contributed by atoms with van der Waals surface area (Å²) in [6, 6.07) is 4.56. The molecule has 0 amide bonds. The van der Waals surface area contributed by atoms with Gasteiger partial charge >= 0.3 is 0 Å². The lowest BCUT2D eigenvalue weighted by atomic mass is 9.62. The molecule has 0 bridgehead atoms. The van der Waals surface area contributed by atoms with Crippen LogP contribution in [-0.4, -0.2) is 4.98 Å². The molecule has 120 valence electrons. The number of aryl methyl sites for hydroxylation is 1. The molecular formula is C20H22ClNS. The van der Waals surface area contributed by atoms with Gasteiger partial charge in [0.1, 0.15) is 5.15 Å². The van der Waals surface area contributed by atoms with E-state index in [0.29, 0.717) is 5.15 Å². The molecule has 1 aliphatic rings. The highest BCUT2D eigenvalue weighted by Gasteiger charge is 2.39. The second kappa shape index (κ2) is 4.70. The minimum absolute atomic E-state index is 0.195. The lowest BCUT2D eigenvalue weighted by molar-refractivity contribution is 0.334. The van der Waals surface area contributed by atoms with Gasteiger partial charge in [-0.2, -0.15) is 0 Å². The predicted octanol–water partition coefficient (Wildman–Crippen LogP) is 6.76. The largest absolute Gasteiger partial charge is 0.243 e. The summed E-state index contributed by atoms with van der Waals surface area (Å²) >= 11 is 8.18. The molecule has 0 fully saturated rings. The highest BCUT2D eigenvalue weighted by molar-refractivity contribution is 7.26. The first-order valence-electron chi connectivity index (χ1n) is 8.24. The maximum atomic E-state index is 6.39. The number of hydrogen-bond donors (Lipinski definition) is 0. The Labute approximate surface area is 146 Å². The molecule has 1 nitrogen and oxygen atoms in total. The molecule has 0 spiro atoms. The number of hydrogen-bond acceptors (Lipinski definition) is 2. The van der Waals surface area contributed by atoms with Gasteiger partial charge in [0.2, 0.25) is 0 Å². The molecule has 0 atom stereocenters. The Balaban J connectivity index is 2.28. The van der Waals surface area contributed by atoms with E-state index < -0.39 is 0 Å². The van der Waals surface area contributed by atoms with Crippen molar-refractivity contribution in [3.63, 3.8) is 0 Å². The highest BCUT2D eigenvalue weighted by atomic mass is 35.5. The number of aromatic nitrogens is 1. The number of thiophene rings is 1. The van der Waals surface area contributed by atoms with E-state index >= 15 is 0 Å². The molecule has 2 heterocycles. The van der Waals surface area contributed by atoms with Crippen molar-refractivity contribution in [2.75, 3.05) is 0 Å². The van der Waals surface area contributed by atoms with Gasteiger partial charge in [0.25, 0.3) is 0 Å². The van der Waals surface area contributed by atoms with E-state index in [0.717, 1.165) is 4.70 Å². The Bertz CT molecular complexity index is 949. The van der Waals surface area contributed by atoms with Crippen LogP contribution in [0.2, 0.25) is 5.15 Å². The summed E-state index contributed by atoms with van der Waals surface area (Å²) in [7, 11) is 0. The van der Waals surface area contributed by atoms with Gasteiger partial charge in [0.15, 0.2) is 0 Å². The maximum Gasteiger partial charge on any atom is 0.146 e. The molecule has 0 aliphatic heterocycles. The fraction of sp³-hybridized carbons (Fsp3) is 0.450. The van der Waals surface area contributed by atoms with E-state index in [4.69, 9.17) is 11.6 Å². The molecule has 3 heteroatoms. The number of fused-ring (bicyclic) bond motifs is 5. The lowest BCUT2D eigenvalue weighted by Gasteiger charge is -2.42. The van der Waals surface area contributed by atoms with Crippen molar-refractivity contribution in [2.24, 2.45) is 0 Å². The third-order valence-corrected chi connectivity index (χ3v) is 7.33. The smallest absolute Gasteiger partial charge is 0.146 e. The number of pyridine rings is 1. The zero-order valence-electron chi connectivity index (χ0n) is 14.4. The molecule has 23 heavy (non-hydrogen) atoms. The van der Waals surface area contributed by atoms with Gasteiger partial charge in [-0.15, -0.1) is 11.3 Å². The van der Waals surface area contributed by atoms with E-state index in [2.05, 4.69) is 51.7 Å². The zero-order valence-corrected chi connectivity index (χ0v) is 16.0. The van der Waals surface area contributed by atoms with Gasteiger partial charge in [0.05, 0.1) is 4.70 Å². The molecule has 1 aromatic carbocycles. The summed E-state index contributed by atoms with van der Waals surface area (Å²) in [5.41, 5.74) is 4.84. The SMILES string of the molecule is Cc1cc2c(c3c1sc1c(Cl)nccc13)C(C)(C)CCC2(C)C. The summed E-state index contributed by atoms with van der Waals surface area (Å²) in [5.74, 6) is 0. The first-order chi connectivity index (χ1) is 10.7. The molecular weight excluding hydrogens is 322 g/mol. The van der Waals surface area contributed by atoms with Crippen molar-refractivity contribution in [3.8, 4) is 0 Å².